The lowest BCUT2D eigenvalue weighted by Gasteiger charge is -2.13. The van der Waals surface area contributed by atoms with Gasteiger partial charge in [-0.3, -0.25) is 0 Å². The second kappa shape index (κ2) is 6.94. The van der Waals surface area contributed by atoms with Gasteiger partial charge in [0.05, 0.1) is 5.02 Å². The largest absolute Gasteiger partial charge is 0.487 e. The smallest absolute Gasteiger partial charge is 0.142 e. The van der Waals surface area contributed by atoms with Crippen LogP contribution in [0.25, 0.3) is 0 Å². The predicted octanol–water partition coefficient (Wildman–Crippen LogP) is 4.40. The molecule has 0 aromatic heterocycles. The van der Waals surface area contributed by atoms with Crippen LogP contribution in [0.1, 0.15) is 11.1 Å². The number of hydrogen-bond acceptors (Lipinski definition) is 2. The average Bonchev–Trinajstić information content (AvgIpc) is 2.40. The molecule has 19 heavy (non-hydrogen) atoms. The Bertz CT molecular complexity index is 542. The van der Waals surface area contributed by atoms with Gasteiger partial charge in [0, 0.05) is 16.6 Å². The highest BCUT2D eigenvalue weighted by atomic mass is 79.9. The number of nitrogens with one attached hydrogen (secondary N) is 1. The van der Waals surface area contributed by atoms with Crippen LogP contribution >= 0.6 is 27.5 Å². The maximum absolute atomic E-state index is 6.20. The number of ether oxygens (including phenoxy) is 1. The summed E-state index contributed by atoms with van der Waals surface area (Å²) in [5.41, 5.74) is 2.17. The second-order valence-corrected chi connectivity index (χ2v) is 5.50. The number of halogens is 2. The maximum atomic E-state index is 6.20. The Balaban J connectivity index is 2.12. The summed E-state index contributed by atoms with van der Waals surface area (Å²) in [6.45, 7) is 1.24. The molecule has 0 radical (unpaired) electrons. The lowest BCUT2D eigenvalue weighted by atomic mass is 10.2. The molecule has 0 saturated heterocycles. The summed E-state index contributed by atoms with van der Waals surface area (Å²) < 4.78 is 6.92. The number of benzene rings is 2. The van der Waals surface area contributed by atoms with Crippen LogP contribution in [0.2, 0.25) is 5.02 Å². The molecule has 0 atom stereocenters. The lowest BCUT2D eigenvalue weighted by Crippen LogP contribution is -2.08. The zero-order chi connectivity index (χ0) is 13.7. The van der Waals surface area contributed by atoms with Gasteiger partial charge in [0.25, 0.3) is 0 Å². The molecule has 0 saturated carbocycles. The first-order chi connectivity index (χ1) is 9.20. The van der Waals surface area contributed by atoms with Crippen molar-refractivity contribution in [3.8, 4) is 5.75 Å². The highest BCUT2D eigenvalue weighted by Crippen LogP contribution is 2.29. The first-order valence-electron chi connectivity index (χ1n) is 6.00. The highest BCUT2D eigenvalue weighted by Gasteiger charge is 2.08. The van der Waals surface area contributed by atoms with E-state index in [1.54, 1.807) is 0 Å². The van der Waals surface area contributed by atoms with Crippen molar-refractivity contribution in [3.05, 3.63) is 63.1 Å². The second-order valence-electron chi connectivity index (χ2n) is 4.17. The van der Waals surface area contributed by atoms with Gasteiger partial charge < -0.3 is 10.1 Å². The van der Waals surface area contributed by atoms with Crippen molar-refractivity contribution in [1.29, 1.82) is 0 Å². The minimum absolute atomic E-state index is 0.508. The fraction of sp³-hybridized carbons (Fsp3) is 0.200. The van der Waals surface area contributed by atoms with Gasteiger partial charge in [0.15, 0.2) is 0 Å². The van der Waals surface area contributed by atoms with Gasteiger partial charge in [-0.1, -0.05) is 51.8 Å². The molecule has 0 spiro atoms. The molecule has 2 aromatic carbocycles. The van der Waals surface area contributed by atoms with Crippen molar-refractivity contribution in [3.63, 3.8) is 0 Å². The number of hydrogen-bond donors (Lipinski definition) is 1. The van der Waals surface area contributed by atoms with Crippen LogP contribution < -0.4 is 10.1 Å². The van der Waals surface area contributed by atoms with E-state index >= 15 is 0 Å². The van der Waals surface area contributed by atoms with E-state index in [0.717, 1.165) is 27.9 Å². The quantitative estimate of drug-likeness (QED) is 0.871. The molecular weight excluding hydrogens is 326 g/mol. The van der Waals surface area contributed by atoms with Crippen molar-refractivity contribution in [2.45, 2.75) is 13.2 Å². The SMILES string of the molecule is CNCc1cccc(Cl)c1OCc1ccc(Br)cc1. The van der Waals surface area contributed by atoms with Crippen LogP contribution in [-0.2, 0) is 13.2 Å². The molecule has 0 aliphatic carbocycles. The van der Waals surface area contributed by atoms with Crippen molar-refractivity contribution < 1.29 is 4.74 Å². The molecular formula is C15H15BrClNO. The monoisotopic (exact) mass is 339 g/mol. The third-order valence-corrected chi connectivity index (χ3v) is 3.54. The van der Waals surface area contributed by atoms with Gasteiger partial charge in [-0.15, -0.1) is 0 Å². The molecule has 0 fully saturated rings. The van der Waals surface area contributed by atoms with Crippen LogP contribution in [0.5, 0.6) is 5.75 Å². The van der Waals surface area contributed by atoms with Crippen molar-refractivity contribution in [2.24, 2.45) is 0 Å². The Kier molecular flexibility index (Phi) is 5.25. The van der Waals surface area contributed by atoms with E-state index in [0.29, 0.717) is 11.6 Å². The van der Waals surface area contributed by atoms with E-state index in [1.165, 1.54) is 0 Å². The molecule has 0 aliphatic rings. The van der Waals surface area contributed by atoms with Crippen LogP contribution in [0.4, 0.5) is 0 Å². The van der Waals surface area contributed by atoms with Gasteiger partial charge in [-0.05, 0) is 30.8 Å². The summed E-state index contributed by atoms with van der Waals surface area (Å²) in [6.07, 6.45) is 0. The fourth-order valence-electron chi connectivity index (χ4n) is 1.78. The third-order valence-electron chi connectivity index (χ3n) is 2.71. The highest BCUT2D eigenvalue weighted by molar-refractivity contribution is 9.10. The zero-order valence-corrected chi connectivity index (χ0v) is 13.0. The Hall–Kier alpha value is -1.03. The van der Waals surface area contributed by atoms with E-state index in [-0.39, 0.29) is 0 Å². The Morgan fingerprint density at radius 2 is 1.89 bits per heavy atom. The summed E-state index contributed by atoms with van der Waals surface area (Å²) in [7, 11) is 1.90. The van der Waals surface area contributed by atoms with Crippen molar-refractivity contribution in [2.75, 3.05) is 7.05 Å². The van der Waals surface area contributed by atoms with E-state index < -0.39 is 0 Å². The Labute approximate surface area is 126 Å². The molecule has 1 N–H and O–H groups in total. The van der Waals surface area contributed by atoms with Crippen LogP contribution in [0, 0.1) is 0 Å². The van der Waals surface area contributed by atoms with E-state index in [4.69, 9.17) is 16.3 Å². The molecule has 100 valence electrons. The first kappa shape index (κ1) is 14.4. The van der Waals surface area contributed by atoms with Crippen molar-refractivity contribution >= 4 is 27.5 Å². The van der Waals surface area contributed by atoms with Gasteiger partial charge in [0.1, 0.15) is 12.4 Å². The van der Waals surface area contributed by atoms with Gasteiger partial charge >= 0.3 is 0 Å². The van der Waals surface area contributed by atoms with Gasteiger partial charge in [0.2, 0.25) is 0 Å². The predicted molar refractivity (Wildman–Crippen MR) is 82.7 cm³/mol. The Morgan fingerprint density at radius 1 is 1.16 bits per heavy atom. The summed E-state index contributed by atoms with van der Waals surface area (Å²) in [6, 6.07) is 13.8. The van der Waals surface area contributed by atoms with E-state index in [2.05, 4.69) is 21.2 Å². The minimum atomic E-state index is 0.508. The minimum Gasteiger partial charge on any atom is -0.487 e. The average molecular weight is 341 g/mol. The summed E-state index contributed by atoms with van der Waals surface area (Å²) in [5, 5.41) is 3.76. The molecule has 2 aromatic rings. The fourth-order valence-corrected chi connectivity index (χ4v) is 2.29. The van der Waals surface area contributed by atoms with Gasteiger partial charge in [-0.25, -0.2) is 0 Å². The first-order valence-corrected chi connectivity index (χ1v) is 7.17. The molecule has 0 aliphatic heterocycles. The maximum Gasteiger partial charge on any atom is 0.142 e. The van der Waals surface area contributed by atoms with Crippen molar-refractivity contribution in [1.82, 2.24) is 5.32 Å². The molecule has 4 heteroatoms. The lowest BCUT2D eigenvalue weighted by molar-refractivity contribution is 0.302. The molecule has 0 bridgehead atoms. The molecule has 2 nitrogen and oxygen atoms in total. The standard InChI is InChI=1S/C15H15BrClNO/c1-18-9-12-3-2-4-14(17)15(12)19-10-11-5-7-13(16)8-6-11/h2-8,18H,9-10H2,1H3. The van der Waals surface area contributed by atoms with Crippen LogP contribution in [0.15, 0.2) is 46.9 Å². The normalized spacial score (nSPS) is 10.5. The molecule has 0 heterocycles. The van der Waals surface area contributed by atoms with E-state index in [9.17, 15) is 0 Å². The van der Waals surface area contributed by atoms with Gasteiger partial charge in [-0.2, -0.15) is 0 Å². The summed E-state index contributed by atoms with van der Waals surface area (Å²) in [5.74, 6) is 0.751. The molecule has 0 amide bonds. The third kappa shape index (κ3) is 3.96. The zero-order valence-electron chi connectivity index (χ0n) is 10.6. The van der Waals surface area contributed by atoms with E-state index in [1.807, 2.05) is 49.5 Å². The molecule has 2 rings (SSSR count). The topological polar surface area (TPSA) is 21.3 Å². The summed E-state index contributed by atoms with van der Waals surface area (Å²) >= 11 is 9.61. The Morgan fingerprint density at radius 3 is 2.58 bits per heavy atom. The molecule has 0 unspecified atom stereocenters. The van der Waals surface area contributed by atoms with Crippen LogP contribution in [0.3, 0.4) is 0 Å². The van der Waals surface area contributed by atoms with Crippen LogP contribution in [-0.4, -0.2) is 7.05 Å². The summed E-state index contributed by atoms with van der Waals surface area (Å²) in [4.78, 5) is 0. The number of para-hydroxylation sites is 1. The number of rotatable bonds is 5.